The molecule has 2 atom stereocenters. The Balaban J connectivity index is 2.74. The van der Waals surface area contributed by atoms with Crippen LogP contribution in [0.4, 0.5) is 0 Å². The predicted octanol–water partition coefficient (Wildman–Crippen LogP) is 0.779. The van der Waals surface area contributed by atoms with Crippen molar-refractivity contribution in [2.75, 3.05) is 21.1 Å². The van der Waals surface area contributed by atoms with E-state index in [1.165, 1.54) is 12.8 Å². The molecular weight excluding hydrogens is 192 g/mol. The number of nitrogens with one attached hydrogen (secondary N) is 1. The number of rotatable bonds is 5. The second kappa shape index (κ2) is 5.47. The van der Waals surface area contributed by atoms with Crippen LogP contribution in [0.15, 0.2) is 0 Å². The van der Waals surface area contributed by atoms with Crippen molar-refractivity contribution in [3.8, 4) is 0 Å². The number of aliphatic carboxylic acids is 1. The molecule has 88 valence electrons. The molecule has 0 heterocycles. The standard InChI is InChI=1S/C11H22N2O2/c1-12-9(11(14)15)10(13(2)3)8-6-4-5-7-8/h8-10,12H,4-7H2,1-3H3,(H,14,15). The number of carboxylic acid groups (broad SMARTS) is 1. The van der Waals surface area contributed by atoms with Crippen molar-refractivity contribution in [3.05, 3.63) is 0 Å². The van der Waals surface area contributed by atoms with Crippen LogP contribution in [0.3, 0.4) is 0 Å². The molecule has 2 N–H and O–H groups in total. The summed E-state index contributed by atoms with van der Waals surface area (Å²) < 4.78 is 0. The van der Waals surface area contributed by atoms with E-state index in [0.29, 0.717) is 5.92 Å². The molecule has 4 nitrogen and oxygen atoms in total. The van der Waals surface area contributed by atoms with Crippen molar-refractivity contribution in [1.29, 1.82) is 0 Å². The Bertz CT molecular complexity index is 213. The van der Waals surface area contributed by atoms with Gasteiger partial charge in [0, 0.05) is 6.04 Å². The molecule has 0 aromatic carbocycles. The minimum atomic E-state index is -0.747. The van der Waals surface area contributed by atoms with Gasteiger partial charge in [0.25, 0.3) is 0 Å². The summed E-state index contributed by atoms with van der Waals surface area (Å²) in [6, 6.07) is -0.349. The van der Waals surface area contributed by atoms with E-state index >= 15 is 0 Å². The summed E-state index contributed by atoms with van der Waals surface area (Å²) in [4.78, 5) is 13.2. The molecule has 2 unspecified atom stereocenters. The van der Waals surface area contributed by atoms with Gasteiger partial charge in [-0.05, 0) is 39.9 Å². The Kier molecular flexibility index (Phi) is 4.54. The van der Waals surface area contributed by atoms with Crippen LogP contribution in [0.5, 0.6) is 0 Å². The number of hydrogen-bond donors (Lipinski definition) is 2. The number of carboxylic acids is 1. The fourth-order valence-electron chi connectivity index (χ4n) is 2.73. The minimum absolute atomic E-state index is 0.106. The molecule has 1 aliphatic rings. The van der Waals surface area contributed by atoms with E-state index in [9.17, 15) is 4.79 Å². The zero-order valence-corrected chi connectivity index (χ0v) is 9.86. The molecule has 0 radical (unpaired) electrons. The third-order valence-electron chi connectivity index (χ3n) is 3.40. The third-order valence-corrected chi connectivity index (χ3v) is 3.40. The summed E-state index contributed by atoms with van der Waals surface area (Å²) >= 11 is 0. The van der Waals surface area contributed by atoms with Gasteiger partial charge in [0.05, 0.1) is 0 Å². The van der Waals surface area contributed by atoms with Crippen LogP contribution in [0.25, 0.3) is 0 Å². The monoisotopic (exact) mass is 214 g/mol. The topological polar surface area (TPSA) is 52.6 Å². The van der Waals surface area contributed by atoms with Crippen molar-refractivity contribution in [1.82, 2.24) is 10.2 Å². The van der Waals surface area contributed by atoms with E-state index in [1.807, 2.05) is 19.0 Å². The lowest BCUT2D eigenvalue weighted by Crippen LogP contribution is -2.53. The van der Waals surface area contributed by atoms with Crippen LogP contribution in [0, 0.1) is 5.92 Å². The summed E-state index contributed by atoms with van der Waals surface area (Å²) in [6.45, 7) is 0. The Labute approximate surface area is 91.6 Å². The highest BCUT2D eigenvalue weighted by Gasteiger charge is 2.36. The van der Waals surface area contributed by atoms with Crippen LogP contribution in [-0.2, 0) is 4.79 Å². The second-order valence-electron chi connectivity index (χ2n) is 4.60. The normalized spacial score (nSPS) is 21.9. The van der Waals surface area contributed by atoms with Gasteiger partial charge in [-0.25, -0.2) is 0 Å². The van der Waals surface area contributed by atoms with Crippen molar-refractivity contribution in [3.63, 3.8) is 0 Å². The third kappa shape index (κ3) is 2.92. The van der Waals surface area contributed by atoms with Gasteiger partial charge in [0.15, 0.2) is 0 Å². The molecule has 1 rings (SSSR count). The molecule has 4 heteroatoms. The molecule has 1 aliphatic carbocycles. The van der Waals surface area contributed by atoms with E-state index < -0.39 is 12.0 Å². The summed E-state index contributed by atoms with van der Waals surface area (Å²) in [6.07, 6.45) is 4.80. The molecular formula is C11H22N2O2. The van der Waals surface area contributed by atoms with E-state index in [4.69, 9.17) is 5.11 Å². The van der Waals surface area contributed by atoms with Gasteiger partial charge in [0.1, 0.15) is 6.04 Å². The lowest BCUT2D eigenvalue weighted by molar-refractivity contribution is -0.141. The number of hydrogen-bond acceptors (Lipinski definition) is 3. The fourth-order valence-corrected chi connectivity index (χ4v) is 2.73. The van der Waals surface area contributed by atoms with Crippen LogP contribution in [0.1, 0.15) is 25.7 Å². The molecule has 15 heavy (non-hydrogen) atoms. The lowest BCUT2D eigenvalue weighted by Gasteiger charge is -2.34. The zero-order valence-electron chi connectivity index (χ0n) is 9.86. The van der Waals surface area contributed by atoms with Crippen molar-refractivity contribution in [2.45, 2.75) is 37.8 Å². The summed E-state index contributed by atoms with van der Waals surface area (Å²) in [5.74, 6) is -0.225. The largest absolute Gasteiger partial charge is 0.480 e. The smallest absolute Gasteiger partial charge is 0.322 e. The van der Waals surface area contributed by atoms with Crippen LogP contribution >= 0.6 is 0 Å². The van der Waals surface area contributed by atoms with Gasteiger partial charge >= 0.3 is 5.97 Å². The van der Waals surface area contributed by atoms with Crippen molar-refractivity contribution >= 4 is 5.97 Å². The molecule has 1 fully saturated rings. The first-order valence-electron chi connectivity index (χ1n) is 5.64. The highest BCUT2D eigenvalue weighted by atomic mass is 16.4. The second-order valence-corrected chi connectivity index (χ2v) is 4.60. The van der Waals surface area contributed by atoms with E-state index in [0.717, 1.165) is 12.8 Å². The van der Waals surface area contributed by atoms with Gasteiger partial charge in [-0.3, -0.25) is 4.79 Å². The van der Waals surface area contributed by atoms with Crippen molar-refractivity contribution in [2.24, 2.45) is 5.92 Å². The van der Waals surface area contributed by atoms with Gasteiger partial charge in [-0.2, -0.15) is 0 Å². The van der Waals surface area contributed by atoms with Gasteiger partial charge in [-0.15, -0.1) is 0 Å². The van der Waals surface area contributed by atoms with Crippen molar-refractivity contribution < 1.29 is 9.90 Å². The van der Waals surface area contributed by atoms with E-state index in [2.05, 4.69) is 5.32 Å². The fraction of sp³-hybridized carbons (Fsp3) is 0.909. The first-order chi connectivity index (χ1) is 7.07. The van der Waals surface area contributed by atoms with Gasteiger partial charge in [-0.1, -0.05) is 12.8 Å². The maximum Gasteiger partial charge on any atom is 0.322 e. The molecule has 0 amide bonds. The molecule has 0 bridgehead atoms. The number of nitrogens with zero attached hydrogens (tertiary/aromatic N) is 1. The lowest BCUT2D eigenvalue weighted by atomic mass is 9.91. The maximum absolute atomic E-state index is 11.1. The summed E-state index contributed by atoms with van der Waals surface area (Å²) in [5, 5.41) is 12.1. The Hall–Kier alpha value is -0.610. The number of carbonyl (C=O) groups is 1. The number of likely N-dealkylation sites (N-methyl/N-ethyl adjacent to an activating group) is 2. The van der Waals surface area contributed by atoms with Gasteiger partial charge in [0.2, 0.25) is 0 Å². The molecule has 0 saturated heterocycles. The summed E-state index contributed by atoms with van der Waals surface area (Å²) in [5.41, 5.74) is 0. The average molecular weight is 214 g/mol. The van der Waals surface area contributed by atoms with Gasteiger partial charge < -0.3 is 15.3 Å². The molecule has 0 aromatic heterocycles. The van der Waals surface area contributed by atoms with Crippen LogP contribution in [0.2, 0.25) is 0 Å². The Morgan fingerprint density at radius 3 is 2.27 bits per heavy atom. The minimum Gasteiger partial charge on any atom is -0.480 e. The van der Waals surface area contributed by atoms with Crippen LogP contribution < -0.4 is 5.32 Å². The quantitative estimate of drug-likeness (QED) is 0.710. The first-order valence-corrected chi connectivity index (χ1v) is 5.64. The molecule has 0 aromatic rings. The highest BCUT2D eigenvalue weighted by Crippen LogP contribution is 2.31. The van der Waals surface area contributed by atoms with E-state index in [1.54, 1.807) is 7.05 Å². The highest BCUT2D eigenvalue weighted by molar-refractivity contribution is 5.74. The Morgan fingerprint density at radius 2 is 1.93 bits per heavy atom. The molecule has 0 spiro atoms. The first kappa shape index (κ1) is 12.5. The molecule has 0 aliphatic heterocycles. The average Bonchev–Trinajstić information content (AvgIpc) is 2.64. The SMILES string of the molecule is CNC(C(=O)O)C(C1CCCC1)N(C)C. The Morgan fingerprint density at radius 1 is 1.40 bits per heavy atom. The molecule has 1 saturated carbocycles. The maximum atomic E-state index is 11.1. The van der Waals surface area contributed by atoms with Crippen LogP contribution in [-0.4, -0.2) is 49.2 Å². The van der Waals surface area contributed by atoms with E-state index in [-0.39, 0.29) is 6.04 Å². The predicted molar refractivity (Wildman–Crippen MR) is 59.9 cm³/mol. The summed E-state index contributed by atoms with van der Waals surface area (Å²) in [7, 11) is 5.66. The zero-order chi connectivity index (χ0) is 11.4.